The van der Waals surface area contributed by atoms with Gasteiger partial charge in [-0.05, 0) is 44.9 Å². The molecular weight excluding hydrogens is 350 g/mol. The maximum absolute atomic E-state index is 12.1. The Kier molecular flexibility index (Phi) is 5.36. The van der Waals surface area contributed by atoms with E-state index in [1.54, 1.807) is 18.2 Å². The molecule has 0 saturated carbocycles. The lowest BCUT2D eigenvalue weighted by Gasteiger charge is -2.34. The molecule has 5 nitrogen and oxygen atoms in total. The summed E-state index contributed by atoms with van der Waals surface area (Å²) in [4.78, 5) is 17.5. The topological polar surface area (TPSA) is 69.1 Å². The minimum Gasteiger partial charge on any atom is -0.489 e. The van der Waals surface area contributed by atoms with E-state index in [-0.39, 0.29) is 11.7 Å². The molecule has 0 radical (unpaired) electrons. The van der Waals surface area contributed by atoms with Crippen molar-refractivity contribution in [3.8, 4) is 11.8 Å². The summed E-state index contributed by atoms with van der Waals surface area (Å²) >= 11 is 6.37. The van der Waals surface area contributed by atoms with Crippen molar-refractivity contribution in [2.75, 3.05) is 13.1 Å². The molecule has 1 aromatic carbocycles. The number of hydrogen-bond donors (Lipinski definition) is 1. The van der Waals surface area contributed by atoms with Crippen LogP contribution in [0.15, 0.2) is 30.4 Å². The molecule has 1 fully saturated rings. The zero-order chi connectivity index (χ0) is 18.8. The van der Waals surface area contributed by atoms with Gasteiger partial charge in [0, 0.05) is 30.0 Å². The van der Waals surface area contributed by atoms with Crippen LogP contribution in [0.2, 0.25) is 5.02 Å². The van der Waals surface area contributed by atoms with Crippen LogP contribution in [-0.2, 0) is 0 Å². The number of nitrogens with zero attached hydrogens (tertiary/aromatic N) is 2. The molecule has 1 N–H and O–H groups in total. The van der Waals surface area contributed by atoms with Crippen LogP contribution in [-0.4, -0.2) is 40.9 Å². The number of ether oxygens (including phenoxy) is 1. The highest BCUT2D eigenvalue weighted by Crippen LogP contribution is 2.32. The molecule has 1 aliphatic heterocycles. The minimum absolute atomic E-state index is 0.101. The number of fused-ring (bicyclic) bond motifs is 1. The highest BCUT2D eigenvalue weighted by Gasteiger charge is 2.23. The van der Waals surface area contributed by atoms with Gasteiger partial charge in [-0.25, -0.2) is 0 Å². The van der Waals surface area contributed by atoms with Crippen molar-refractivity contribution in [1.82, 2.24) is 9.88 Å². The second-order valence-electron chi connectivity index (χ2n) is 6.92. The predicted octanol–water partition coefficient (Wildman–Crippen LogP) is 4.34. The highest BCUT2D eigenvalue weighted by molar-refractivity contribution is 6.32. The van der Waals surface area contributed by atoms with Crippen LogP contribution in [0.1, 0.15) is 37.2 Å². The first-order chi connectivity index (χ1) is 12.4. The van der Waals surface area contributed by atoms with E-state index in [1.165, 1.54) is 0 Å². The molecule has 0 unspecified atom stereocenters. The van der Waals surface area contributed by atoms with Gasteiger partial charge in [-0.3, -0.25) is 4.79 Å². The van der Waals surface area contributed by atoms with E-state index in [0.717, 1.165) is 36.8 Å². The monoisotopic (exact) mass is 371 g/mol. The number of carbonyl (C=O) groups excluding carboxylic acids is 1. The van der Waals surface area contributed by atoms with Gasteiger partial charge in [-0.1, -0.05) is 18.2 Å². The maximum atomic E-state index is 12.1. The number of allylic oxidation sites excluding steroid dienone is 1. The molecule has 0 spiro atoms. The lowest BCUT2D eigenvalue weighted by molar-refractivity contribution is 0.0844. The van der Waals surface area contributed by atoms with Crippen LogP contribution >= 0.6 is 11.6 Å². The van der Waals surface area contributed by atoms with Gasteiger partial charge >= 0.3 is 0 Å². The smallest absolute Gasteiger partial charge is 0.219 e. The molecule has 2 heterocycles. The number of benzene rings is 1. The Labute approximate surface area is 158 Å². The van der Waals surface area contributed by atoms with Crippen LogP contribution in [0.5, 0.6) is 5.75 Å². The van der Waals surface area contributed by atoms with Crippen LogP contribution in [0.25, 0.3) is 10.9 Å². The van der Waals surface area contributed by atoms with Gasteiger partial charge in [-0.15, -0.1) is 0 Å². The summed E-state index contributed by atoms with van der Waals surface area (Å²) < 4.78 is 6.13. The summed E-state index contributed by atoms with van der Waals surface area (Å²) in [5.74, 6) is 0.211. The van der Waals surface area contributed by atoms with Crippen LogP contribution in [0.3, 0.4) is 0 Å². The summed E-state index contributed by atoms with van der Waals surface area (Å²) in [5.41, 5.74) is 0.951. The molecule has 0 bridgehead atoms. The molecule has 0 atom stereocenters. The van der Waals surface area contributed by atoms with Crippen molar-refractivity contribution >= 4 is 28.3 Å². The SMILES string of the molecule is C=C(C#N)C(=O)c1cc2cc(OC3CCN(C(C)C)CC3)c(Cl)cc2[nH]1. The number of aromatic nitrogens is 1. The second-order valence-corrected chi connectivity index (χ2v) is 7.33. The summed E-state index contributed by atoms with van der Waals surface area (Å²) in [6.07, 6.45) is 2.06. The minimum atomic E-state index is -0.414. The van der Waals surface area contributed by atoms with E-state index in [1.807, 2.05) is 6.07 Å². The van der Waals surface area contributed by atoms with Gasteiger partial charge in [-0.2, -0.15) is 5.26 Å². The molecule has 136 valence electrons. The molecule has 1 saturated heterocycles. The Morgan fingerprint density at radius 1 is 1.38 bits per heavy atom. The first-order valence-corrected chi connectivity index (χ1v) is 9.13. The first kappa shape index (κ1) is 18.5. The zero-order valence-electron chi connectivity index (χ0n) is 15.0. The molecular formula is C20H22ClN3O2. The fraction of sp³-hybridized carbons (Fsp3) is 0.400. The summed E-state index contributed by atoms with van der Waals surface area (Å²) in [6.45, 7) is 9.91. The quantitative estimate of drug-likeness (QED) is 0.482. The van der Waals surface area contributed by atoms with E-state index in [9.17, 15) is 4.79 Å². The predicted molar refractivity (Wildman–Crippen MR) is 103 cm³/mol. The van der Waals surface area contributed by atoms with Crippen molar-refractivity contribution in [1.29, 1.82) is 5.26 Å². The summed E-state index contributed by atoms with van der Waals surface area (Å²) in [5, 5.41) is 10.2. The van der Waals surface area contributed by atoms with Gasteiger partial charge in [0.2, 0.25) is 5.78 Å². The lowest BCUT2D eigenvalue weighted by Crippen LogP contribution is -2.41. The fourth-order valence-electron chi connectivity index (χ4n) is 3.25. The van der Waals surface area contributed by atoms with Crippen molar-refractivity contribution in [3.05, 3.63) is 41.1 Å². The fourth-order valence-corrected chi connectivity index (χ4v) is 3.46. The molecule has 0 amide bonds. The van der Waals surface area contributed by atoms with Gasteiger partial charge < -0.3 is 14.6 Å². The Balaban J connectivity index is 1.78. The lowest BCUT2D eigenvalue weighted by atomic mass is 10.1. The molecule has 6 heteroatoms. The van der Waals surface area contributed by atoms with E-state index in [0.29, 0.717) is 22.5 Å². The molecule has 1 aromatic heterocycles. The standard InChI is InChI=1S/C20H22ClN3O2/c1-12(2)24-6-4-15(5-7-24)26-19-9-14-8-18(20(25)13(3)11-22)23-17(14)10-16(19)21/h8-10,12,15,23H,3-7H2,1-2H3. The van der Waals surface area contributed by atoms with E-state index in [4.69, 9.17) is 21.6 Å². The number of rotatable bonds is 5. The third-order valence-corrected chi connectivity index (χ3v) is 5.12. The Hall–Kier alpha value is -2.29. The Bertz CT molecular complexity index is 886. The molecule has 0 aliphatic carbocycles. The number of carbonyl (C=O) groups is 1. The number of halogens is 1. The number of aromatic amines is 1. The van der Waals surface area contributed by atoms with Crippen LogP contribution in [0, 0.1) is 11.3 Å². The van der Waals surface area contributed by atoms with Crippen molar-refractivity contribution in [2.45, 2.75) is 38.8 Å². The van der Waals surface area contributed by atoms with Gasteiger partial charge in [0.25, 0.3) is 0 Å². The number of nitrogens with one attached hydrogen (secondary N) is 1. The largest absolute Gasteiger partial charge is 0.489 e. The number of H-pyrrole nitrogens is 1. The van der Waals surface area contributed by atoms with E-state index in [2.05, 4.69) is 30.3 Å². The third kappa shape index (κ3) is 3.77. The van der Waals surface area contributed by atoms with E-state index < -0.39 is 5.78 Å². The molecule has 2 aromatic rings. The number of likely N-dealkylation sites (tertiary alicyclic amines) is 1. The normalized spacial score (nSPS) is 16.0. The van der Waals surface area contributed by atoms with Crippen LogP contribution in [0.4, 0.5) is 0 Å². The van der Waals surface area contributed by atoms with Gasteiger partial charge in [0.15, 0.2) is 0 Å². The number of Topliss-reactive ketones (excluding diaryl/α,β-unsaturated/α-hetero) is 1. The highest BCUT2D eigenvalue weighted by atomic mass is 35.5. The van der Waals surface area contributed by atoms with Crippen molar-refractivity contribution in [3.63, 3.8) is 0 Å². The summed E-state index contributed by atoms with van der Waals surface area (Å²) in [6, 6.07) is 7.62. The van der Waals surface area contributed by atoms with E-state index >= 15 is 0 Å². The average molecular weight is 372 g/mol. The number of ketones is 1. The molecule has 3 rings (SSSR count). The van der Waals surface area contributed by atoms with Gasteiger partial charge in [0.1, 0.15) is 17.9 Å². The number of nitriles is 1. The molecule has 26 heavy (non-hydrogen) atoms. The molecule has 1 aliphatic rings. The van der Waals surface area contributed by atoms with Crippen LogP contribution < -0.4 is 4.74 Å². The number of hydrogen-bond acceptors (Lipinski definition) is 4. The first-order valence-electron chi connectivity index (χ1n) is 8.75. The second kappa shape index (κ2) is 7.53. The number of piperidine rings is 1. The van der Waals surface area contributed by atoms with Crippen molar-refractivity contribution < 1.29 is 9.53 Å². The van der Waals surface area contributed by atoms with Crippen molar-refractivity contribution in [2.24, 2.45) is 0 Å². The Morgan fingerprint density at radius 2 is 2.08 bits per heavy atom. The Morgan fingerprint density at radius 3 is 2.69 bits per heavy atom. The third-order valence-electron chi connectivity index (χ3n) is 4.83. The summed E-state index contributed by atoms with van der Waals surface area (Å²) in [7, 11) is 0. The zero-order valence-corrected chi connectivity index (χ0v) is 15.8. The average Bonchev–Trinajstić information content (AvgIpc) is 3.03. The van der Waals surface area contributed by atoms with Gasteiger partial charge in [0.05, 0.1) is 16.3 Å². The maximum Gasteiger partial charge on any atom is 0.219 e.